The van der Waals surface area contributed by atoms with E-state index in [1.165, 1.54) is 0 Å². The van der Waals surface area contributed by atoms with Gasteiger partial charge in [0.15, 0.2) is 0 Å². The van der Waals surface area contributed by atoms with Gasteiger partial charge in [-0.3, -0.25) is 4.79 Å². The summed E-state index contributed by atoms with van der Waals surface area (Å²) in [5.74, 6) is 0.492. The van der Waals surface area contributed by atoms with Crippen molar-refractivity contribution in [1.29, 1.82) is 0 Å². The molecule has 3 nitrogen and oxygen atoms in total. The van der Waals surface area contributed by atoms with Crippen molar-refractivity contribution in [2.75, 3.05) is 6.61 Å². The third-order valence-electron chi connectivity index (χ3n) is 2.61. The normalized spacial score (nSPS) is 20.2. The first-order chi connectivity index (χ1) is 6.83. The topological polar surface area (TPSA) is 39.4 Å². The molecule has 0 radical (unpaired) electrons. The maximum atomic E-state index is 11.6. The Morgan fingerprint density at radius 3 is 3.36 bits per heavy atom. The molecule has 1 aromatic rings. The molecule has 0 aromatic carbocycles. The number of fused-ring (bicyclic) bond motifs is 1. The molecule has 1 heterocycles. The third kappa shape index (κ3) is 1.54. The zero-order valence-electron chi connectivity index (χ0n) is 8.29. The van der Waals surface area contributed by atoms with Gasteiger partial charge in [-0.25, -0.2) is 0 Å². The molecule has 0 fully saturated rings. The van der Waals surface area contributed by atoms with E-state index in [1.807, 2.05) is 13.0 Å². The predicted octanol–water partition coefficient (Wildman–Crippen LogP) is 2.26. The summed E-state index contributed by atoms with van der Waals surface area (Å²) in [4.78, 5) is 11.6. The summed E-state index contributed by atoms with van der Waals surface area (Å²) in [5.41, 5.74) is 1.16. The molecule has 0 N–H and O–H groups in total. The van der Waals surface area contributed by atoms with Gasteiger partial charge in [0.2, 0.25) is 0 Å². The molecular formula is C11H14O3. The summed E-state index contributed by atoms with van der Waals surface area (Å²) in [7, 11) is 0. The fourth-order valence-electron chi connectivity index (χ4n) is 1.96. The van der Waals surface area contributed by atoms with E-state index in [4.69, 9.17) is 9.15 Å². The highest BCUT2D eigenvalue weighted by atomic mass is 16.5. The van der Waals surface area contributed by atoms with E-state index in [0.29, 0.717) is 6.61 Å². The second-order valence-corrected chi connectivity index (χ2v) is 3.51. The van der Waals surface area contributed by atoms with Crippen LogP contribution in [-0.2, 0) is 16.0 Å². The standard InChI is InChI=1S/C11H14O3/c1-2-13-11(12)9-5-3-4-8-6-7-14-10(8)9/h6-7,9H,2-5H2,1H3. The van der Waals surface area contributed by atoms with Gasteiger partial charge in [-0.1, -0.05) is 0 Å². The number of ether oxygens (including phenoxy) is 1. The minimum Gasteiger partial charge on any atom is -0.468 e. The molecule has 76 valence electrons. The van der Waals surface area contributed by atoms with Gasteiger partial charge in [-0.15, -0.1) is 0 Å². The van der Waals surface area contributed by atoms with E-state index >= 15 is 0 Å². The van der Waals surface area contributed by atoms with Gasteiger partial charge in [0.25, 0.3) is 0 Å². The zero-order valence-corrected chi connectivity index (χ0v) is 8.29. The summed E-state index contributed by atoms with van der Waals surface area (Å²) >= 11 is 0. The Labute approximate surface area is 83.0 Å². The Kier molecular flexibility index (Phi) is 2.57. The summed E-state index contributed by atoms with van der Waals surface area (Å²) < 4.78 is 10.3. The second-order valence-electron chi connectivity index (χ2n) is 3.51. The molecule has 0 bridgehead atoms. The van der Waals surface area contributed by atoms with Gasteiger partial charge in [-0.05, 0) is 37.8 Å². The van der Waals surface area contributed by atoms with Crippen molar-refractivity contribution < 1.29 is 13.9 Å². The number of hydrogen-bond donors (Lipinski definition) is 0. The molecular weight excluding hydrogens is 180 g/mol. The number of furan rings is 1. The number of aryl methyl sites for hydroxylation is 1. The molecule has 1 aliphatic rings. The van der Waals surface area contributed by atoms with Crippen LogP contribution in [0, 0.1) is 0 Å². The molecule has 0 saturated carbocycles. The van der Waals surface area contributed by atoms with Crippen molar-refractivity contribution in [2.45, 2.75) is 32.1 Å². The number of carbonyl (C=O) groups is 1. The van der Waals surface area contributed by atoms with Crippen LogP contribution >= 0.6 is 0 Å². The fraction of sp³-hybridized carbons (Fsp3) is 0.545. The molecule has 3 heteroatoms. The lowest BCUT2D eigenvalue weighted by Gasteiger charge is -2.18. The van der Waals surface area contributed by atoms with Crippen LogP contribution in [0.2, 0.25) is 0 Å². The molecule has 1 aromatic heterocycles. The van der Waals surface area contributed by atoms with Crippen LogP contribution in [0.15, 0.2) is 16.7 Å². The summed E-state index contributed by atoms with van der Waals surface area (Å²) in [6.45, 7) is 2.26. The Morgan fingerprint density at radius 2 is 2.57 bits per heavy atom. The molecule has 1 aliphatic carbocycles. The van der Waals surface area contributed by atoms with Crippen LogP contribution in [0.5, 0.6) is 0 Å². The minimum absolute atomic E-state index is 0.150. The summed E-state index contributed by atoms with van der Waals surface area (Å²) in [5, 5.41) is 0. The second kappa shape index (κ2) is 3.86. The van der Waals surface area contributed by atoms with E-state index in [2.05, 4.69) is 0 Å². The highest BCUT2D eigenvalue weighted by Crippen LogP contribution is 2.33. The van der Waals surface area contributed by atoms with Crippen molar-refractivity contribution in [2.24, 2.45) is 0 Å². The minimum atomic E-state index is -0.173. The first-order valence-corrected chi connectivity index (χ1v) is 5.06. The molecule has 14 heavy (non-hydrogen) atoms. The van der Waals surface area contributed by atoms with Crippen molar-refractivity contribution in [3.8, 4) is 0 Å². The van der Waals surface area contributed by atoms with Crippen molar-refractivity contribution in [3.05, 3.63) is 23.7 Å². The SMILES string of the molecule is CCOC(=O)C1CCCc2ccoc21. The summed E-state index contributed by atoms with van der Waals surface area (Å²) in [6.07, 6.45) is 4.55. The first-order valence-electron chi connectivity index (χ1n) is 5.06. The highest BCUT2D eigenvalue weighted by Gasteiger charge is 2.30. The number of rotatable bonds is 2. The molecule has 0 amide bonds. The number of carbonyl (C=O) groups excluding carboxylic acids is 1. The molecule has 1 unspecified atom stereocenters. The molecule has 0 aliphatic heterocycles. The van der Waals surface area contributed by atoms with Crippen molar-refractivity contribution in [1.82, 2.24) is 0 Å². The number of hydrogen-bond acceptors (Lipinski definition) is 3. The Bertz CT molecular complexity index is 327. The quantitative estimate of drug-likeness (QED) is 0.678. The Morgan fingerprint density at radius 1 is 1.71 bits per heavy atom. The van der Waals surface area contributed by atoms with Crippen LogP contribution in [-0.4, -0.2) is 12.6 Å². The van der Waals surface area contributed by atoms with Crippen LogP contribution in [0.4, 0.5) is 0 Å². The van der Waals surface area contributed by atoms with Crippen LogP contribution in [0.3, 0.4) is 0 Å². The first kappa shape index (κ1) is 9.31. The lowest BCUT2D eigenvalue weighted by Crippen LogP contribution is -2.19. The molecule has 0 saturated heterocycles. The van der Waals surface area contributed by atoms with E-state index in [-0.39, 0.29) is 11.9 Å². The van der Waals surface area contributed by atoms with Gasteiger partial charge in [0.05, 0.1) is 12.9 Å². The van der Waals surface area contributed by atoms with Gasteiger partial charge < -0.3 is 9.15 Å². The van der Waals surface area contributed by atoms with E-state index in [9.17, 15) is 4.79 Å². The fourth-order valence-corrected chi connectivity index (χ4v) is 1.96. The smallest absolute Gasteiger partial charge is 0.316 e. The van der Waals surface area contributed by atoms with Gasteiger partial charge in [0, 0.05) is 0 Å². The van der Waals surface area contributed by atoms with E-state index in [1.54, 1.807) is 6.26 Å². The van der Waals surface area contributed by atoms with Crippen molar-refractivity contribution in [3.63, 3.8) is 0 Å². The maximum Gasteiger partial charge on any atom is 0.316 e. The lowest BCUT2D eigenvalue weighted by molar-refractivity contribution is -0.145. The number of esters is 1. The van der Waals surface area contributed by atoms with Crippen molar-refractivity contribution >= 4 is 5.97 Å². The molecule has 1 atom stereocenters. The summed E-state index contributed by atoms with van der Waals surface area (Å²) in [6, 6.07) is 1.95. The van der Waals surface area contributed by atoms with Crippen LogP contribution in [0.1, 0.15) is 37.0 Å². The highest BCUT2D eigenvalue weighted by molar-refractivity contribution is 5.78. The van der Waals surface area contributed by atoms with E-state index < -0.39 is 0 Å². The zero-order chi connectivity index (χ0) is 9.97. The average Bonchev–Trinajstić information content (AvgIpc) is 2.65. The van der Waals surface area contributed by atoms with Gasteiger partial charge >= 0.3 is 5.97 Å². The monoisotopic (exact) mass is 194 g/mol. The molecule has 0 spiro atoms. The van der Waals surface area contributed by atoms with Gasteiger partial charge in [0.1, 0.15) is 11.7 Å². The largest absolute Gasteiger partial charge is 0.468 e. The maximum absolute atomic E-state index is 11.6. The average molecular weight is 194 g/mol. The third-order valence-corrected chi connectivity index (χ3v) is 2.61. The Hall–Kier alpha value is -1.25. The predicted molar refractivity (Wildman–Crippen MR) is 51.0 cm³/mol. The lowest BCUT2D eigenvalue weighted by atomic mass is 9.89. The Balaban J connectivity index is 2.19. The van der Waals surface area contributed by atoms with Crippen LogP contribution < -0.4 is 0 Å². The van der Waals surface area contributed by atoms with E-state index in [0.717, 1.165) is 30.6 Å². The van der Waals surface area contributed by atoms with Crippen LogP contribution in [0.25, 0.3) is 0 Å². The molecule has 2 rings (SSSR count). The van der Waals surface area contributed by atoms with Gasteiger partial charge in [-0.2, -0.15) is 0 Å².